The predicted molar refractivity (Wildman–Crippen MR) is 57.2 cm³/mol. The summed E-state index contributed by atoms with van der Waals surface area (Å²) in [5.74, 6) is 0.902. The highest BCUT2D eigenvalue weighted by atomic mass is 28.1. The Morgan fingerprint density at radius 1 is 1.08 bits per heavy atom. The fourth-order valence-electron chi connectivity index (χ4n) is 2.28. The van der Waals surface area contributed by atoms with Crippen LogP contribution in [0.2, 0.25) is 0 Å². The van der Waals surface area contributed by atoms with Crippen molar-refractivity contribution >= 4 is 15.4 Å². The Morgan fingerprint density at radius 2 is 1.75 bits per heavy atom. The Labute approximate surface area is 77.4 Å². The van der Waals surface area contributed by atoms with E-state index in [1.165, 1.54) is 35.9 Å². The quantitative estimate of drug-likeness (QED) is 0.566. The summed E-state index contributed by atoms with van der Waals surface area (Å²) in [6.07, 6.45) is 5.75. The number of hydrogen-bond acceptors (Lipinski definition) is 0. The van der Waals surface area contributed by atoms with Crippen molar-refractivity contribution in [2.45, 2.75) is 31.6 Å². The minimum Gasteiger partial charge on any atom is -0.0674 e. The molecule has 0 atom stereocenters. The van der Waals surface area contributed by atoms with Crippen LogP contribution in [-0.2, 0) is 0 Å². The largest absolute Gasteiger partial charge is 0.0674 e. The van der Waals surface area contributed by atoms with Gasteiger partial charge in [-0.25, -0.2) is 0 Å². The van der Waals surface area contributed by atoms with Crippen LogP contribution in [-0.4, -0.2) is 10.2 Å². The van der Waals surface area contributed by atoms with Crippen molar-refractivity contribution in [3.05, 3.63) is 29.8 Å². The molecule has 64 valence electrons. The van der Waals surface area contributed by atoms with Gasteiger partial charge in [0.05, 0.1) is 0 Å². The molecule has 0 aromatic heterocycles. The maximum atomic E-state index is 2.33. The van der Waals surface area contributed by atoms with Gasteiger partial charge in [0.2, 0.25) is 0 Å². The van der Waals surface area contributed by atoms with Crippen LogP contribution < -0.4 is 5.19 Å². The molecule has 0 amide bonds. The topological polar surface area (TPSA) is 0 Å². The van der Waals surface area contributed by atoms with Gasteiger partial charge in [-0.2, -0.15) is 0 Å². The van der Waals surface area contributed by atoms with E-state index in [9.17, 15) is 0 Å². The van der Waals surface area contributed by atoms with Crippen molar-refractivity contribution in [1.82, 2.24) is 0 Å². The molecule has 12 heavy (non-hydrogen) atoms. The van der Waals surface area contributed by atoms with Gasteiger partial charge in [0.15, 0.2) is 0 Å². The molecule has 1 aromatic rings. The summed E-state index contributed by atoms with van der Waals surface area (Å²) in [5.41, 5.74) is 1.65. The van der Waals surface area contributed by atoms with Crippen molar-refractivity contribution in [3.63, 3.8) is 0 Å². The van der Waals surface area contributed by atoms with Crippen LogP contribution in [0.4, 0.5) is 0 Å². The van der Waals surface area contributed by atoms with Crippen molar-refractivity contribution in [2.75, 3.05) is 0 Å². The summed E-state index contributed by atoms with van der Waals surface area (Å²) in [4.78, 5) is 0. The third-order valence-corrected chi connectivity index (χ3v) is 3.89. The highest BCUT2D eigenvalue weighted by Crippen LogP contribution is 2.32. The average molecular weight is 176 g/mol. The molecule has 0 spiro atoms. The monoisotopic (exact) mass is 176 g/mol. The van der Waals surface area contributed by atoms with E-state index < -0.39 is 0 Å². The lowest BCUT2D eigenvalue weighted by molar-refractivity contribution is 0.727. The molecule has 0 unspecified atom stereocenters. The molecule has 0 N–H and O–H groups in total. The van der Waals surface area contributed by atoms with E-state index in [1.807, 2.05) is 0 Å². The smallest absolute Gasteiger partial charge is 0.0388 e. The first kappa shape index (κ1) is 8.05. The van der Waals surface area contributed by atoms with E-state index in [2.05, 4.69) is 24.3 Å². The van der Waals surface area contributed by atoms with Gasteiger partial charge in [0, 0.05) is 10.2 Å². The Morgan fingerprint density at radius 3 is 2.42 bits per heavy atom. The molecule has 1 saturated carbocycles. The van der Waals surface area contributed by atoms with E-state index in [-0.39, 0.29) is 0 Å². The molecular weight excluding hydrogens is 160 g/mol. The van der Waals surface area contributed by atoms with E-state index in [1.54, 1.807) is 10.8 Å². The Hall–Kier alpha value is -0.563. The lowest BCUT2D eigenvalue weighted by Gasteiger charge is -2.11. The van der Waals surface area contributed by atoms with E-state index >= 15 is 0 Å². The first-order valence-electron chi connectivity index (χ1n) is 4.93. The number of rotatable bonds is 1. The van der Waals surface area contributed by atoms with Crippen LogP contribution in [0.15, 0.2) is 24.3 Å². The molecule has 1 fully saturated rings. The molecule has 1 aromatic carbocycles. The summed E-state index contributed by atoms with van der Waals surface area (Å²) in [6.45, 7) is 0. The van der Waals surface area contributed by atoms with E-state index in [0.29, 0.717) is 0 Å². The van der Waals surface area contributed by atoms with Crippen LogP contribution in [0.3, 0.4) is 0 Å². The first-order valence-corrected chi connectivity index (χ1v) is 5.93. The third kappa shape index (κ3) is 1.46. The lowest BCUT2D eigenvalue weighted by atomic mass is 9.98. The molecule has 0 nitrogen and oxygen atoms in total. The van der Waals surface area contributed by atoms with Crippen molar-refractivity contribution in [1.29, 1.82) is 0 Å². The van der Waals surface area contributed by atoms with Crippen LogP contribution in [0.1, 0.15) is 37.2 Å². The normalized spacial score (nSPS) is 18.7. The summed E-state index contributed by atoms with van der Waals surface area (Å²) < 4.78 is 0. The molecule has 0 radical (unpaired) electrons. The van der Waals surface area contributed by atoms with Crippen molar-refractivity contribution < 1.29 is 0 Å². The molecular formula is C11H16Si. The van der Waals surface area contributed by atoms with Crippen LogP contribution in [0, 0.1) is 0 Å². The second-order valence-corrected chi connectivity index (χ2v) is 4.92. The standard InChI is InChI=1S/C11H16Si/c12-11-8-4-3-7-10(11)9-5-1-2-6-9/h3-4,7-9H,1-2,5-6H2,12H3. The van der Waals surface area contributed by atoms with E-state index in [4.69, 9.17) is 0 Å². The first-order chi connectivity index (χ1) is 5.88. The van der Waals surface area contributed by atoms with Gasteiger partial charge >= 0.3 is 0 Å². The zero-order chi connectivity index (χ0) is 8.39. The average Bonchev–Trinajstić information content (AvgIpc) is 2.57. The summed E-state index contributed by atoms with van der Waals surface area (Å²) in [6, 6.07) is 8.98. The van der Waals surface area contributed by atoms with Crippen LogP contribution >= 0.6 is 0 Å². The van der Waals surface area contributed by atoms with Crippen LogP contribution in [0.5, 0.6) is 0 Å². The minimum atomic E-state index is 0.902. The predicted octanol–water partition coefficient (Wildman–Crippen LogP) is 1.33. The molecule has 0 saturated heterocycles. The van der Waals surface area contributed by atoms with Crippen LogP contribution in [0.25, 0.3) is 0 Å². The summed E-state index contributed by atoms with van der Waals surface area (Å²) in [7, 11) is 1.21. The van der Waals surface area contributed by atoms with E-state index in [0.717, 1.165) is 5.92 Å². The zero-order valence-electron chi connectivity index (χ0n) is 7.72. The molecule has 0 aliphatic heterocycles. The third-order valence-electron chi connectivity index (χ3n) is 2.98. The summed E-state index contributed by atoms with van der Waals surface area (Å²) >= 11 is 0. The number of hydrogen-bond donors (Lipinski definition) is 0. The van der Waals surface area contributed by atoms with Crippen molar-refractivity contribution in [3.8, 4) is 0 Å². The maximum Gasteiger partial charge on any atom is 0.0388 e. The lowest BCUT2D eigenvalue weighted by Crippen LogP contribution is -2.11. The molecule has 1 aliphatic rings. The van der Waals surface area contributed by atoms with Gasteiger partial charge in [-0.1, -0.05) is 42.3 Å². The Kier molecular flexibility index (Phi) is 2.31. The summed E-state index contributed by atoms with van der Waals surface area (Å²) in [5, 5.41) is 1.62. The molecule has 1 heteroatoms. The fraction of sp³-hybridized carbons (Fsp3) is 0.455. The second-order valence-electron chi connectivity index (χ2n) is 3.84. The maximum absolute atomic E-state index is 2.33. The second kappa shape index (κ2) is 3.44. The molecule has 0 bridgehead atoms. The van der Waals surface area contributed by atoms with Gasteiger partial charge in [-0.3, -0.25) is 0 Å². The van der Waals surface area contributed by atoms with Gasteiger partial charge in [0.25, 0.3) is 0 Å². The fourth-order valence-corrected chi connectivity index (χ4v) is 3.05. The minimum absolute atomic E-state index is 0.902. The molecule has 1 aliphatic carbocycles. The Balaban J connectivity index is 2.26. The zero-order valence-corrected chi connectivity index (χ0v) is 9.72. The Bertz CT molecular complexity index is 261. The van der Waals surface area contributed by atoms with Gasteiger partial charge in [-0.05, 0) is 24.3 Å². The SMILES string of the molecule is [SiH3]c1ccccc1C1CCCC1. The molecule has 2 rings (SSSR count). The highest BCUT2D eigenvalue weighted by molar-refractivity contribution is 6.33. The molecule has 0 heterocycles. The van der Waals surface area contributed by atoms with Gasteiger partial charge < -0.3 is 0 Å². The number of benzene rings is 1. The highest BCUT2D eigenvalue weighted by Gasteiger charge is 2.17. The van der Waals surface area contributed by atoms with Crippen molar-refractivity contribution in [2.24, 2.45) is 0 Å². The van der Waals surface area contributed by atoms with Gasteiger partial charge in [-0.15, -0.1) is 0 Å². The van der Waals surface area contributed by atoms with Gasteiger partial charge in [0.1, 0.15) is 0 Å².